The van der Waals surface area contributed by atoms with Gasteiger partial charge in [0.15, 0.2) is 0 Å². The van der Waals surface area contributed by atoms with E-state index in [9.17, 15) is 4.79 Å². The molecule has 0 spiro atoms. The molecule has 0 radical (unpaired) electrons. The van der Waals surface area contributed by atoms with E-state index < -0.39 is 3.42 Å². The van der Waals surface area contributed by atoms with Crippen molar-refractivity contribution >= 4 is 28.6 Å². The fraction of sp³-hybridized carbons (Fsp3) is 0.929. The summed E-state index contributed by atoms with van der Waals surface area (Å²) in [6.07, 6.45) is 0. The second-order valence-corrected chi connectivity index (χ2v) is 8.14. The van der Waals surface area contributed by atoms with Crippen LogP contribution >= 0.6 is 22.6 Å². The molecule has 0 aromatic carbocycles. The molecule has 7 heteroatoms. The molecule has 6 nitrogen and oxygen atoms in total. The summed E-state index contributed by atoms with van der Waals surface area (Å²) < 4.78 is 20.8. The van der Waals surface area contributed by atoms with Crippen molar-refractivity contribution in [3.8, 4) is 0 Å². The van der Waals surface area contributed by atoms with Crippen molar-refractivity contribution in [3.05, 3.63) is 0 Å². The Balaban J connectivity index is 1.83. The Morgan fingerprint density at radius 2 is 1.67 bits per heavy atom. The SMILES string of the molecule is CC(C)(I)C(=O)OCCOCCOCC[NH+]1CCOCC1. The monoisotopic (exact) mass is 416 g/mol. The molecule has 1 saturated heterocycles. The molecule has 0 bridgehead atoms. The van der Waals surface area contributed by atoms with Gasteiger partial charge in [0.1, 0.15) is 29.7 Å². The molecule has 1 rings (SSSR count). The first-order chi connectivity index (χ1) is 10.00. The lowest BCUT2D eigenvalue weighted by molar-refractivity contribution is -0.908. The van der Waals surface area contributed by atoms with Gasteiger partial charge in [-0.05, 0) is 13.8 Å². The Morgan fingerprint density at radius 3 is 2.29 bits per heavy atom. The van der Waals surface area contributed by atoms with E-state index in [2.05, 4.69) is 22.6 Å². The molecule has 1 fully saturated rings. The maximum absolute atomic E-state index is 11.5. The Morgan fingerprint density at radius 1 is 1.10 bits per heavy atom. The second kappa shape index (κ2) is 10.7. The van der Waals surface area contributed by atoms with Gasteiger partial charge in [0.05, 0.1) is 39.6 Å². The van der Waals surface area contributed by atoms with Gasteiger partial charge in [0.25, 0.3) is 0 Å². The quantitative estimate of drug-likeness (QED) is 0.229. The number of hydrogen-bond acceptors (Lipinski definition) is 5. The minimum absolute atomic E-state index is 0.212. The van der Waals surface area contributed by atoms with E-state index in [0.29, 0.717) is 26.4 Å². The predicted octanol–water partition coefficient (Wildman–Crippen LogP) is -0.308. The zero-order valence-electron chi connectivity index (χ0n) is 13.0. The van der Waals surface area contributed by atoms with Crippen molar-refractivity contribution < 1.29 is 28.6 Å². The van der Waals surface area contributed by atoms with Crippen LogP contribution in [0.5, 0.6) is 0 Å². The minimum Gasteiger partial charge on any atom is -0.462 e. The van der Waals surface area contributed by atoms with Crippen molar-refractivity contribution in [3.63, 3.8) is 0 Å². The van der Waals surface area contributed by atoms with Gasteiger partial charge in [-0.1, -0.05) is 22.6 Å². The predicted molar refractivity (Wildman–Crippen MR) is 87.1 cm³/mol. The molecule has 0 atom stereocenters. The summed E-state index contributed by atoms with van der Waals surface area (Å²) in [5.74, 6) is -0.212. The number of ether oxygens (including phenoxy) is 4. The molecule has 0 aliphatic carbocycles. The van der Waals surface area contributed by atoms with Gasteiger partial charge in [-0.25, -0.2) is 0 Å². The van der Waals surface area contributed by atoms with E-state index in [1.54, 1.807) is 0 Å². The van der Waals surface area contributed by atoms with Crippen LogP contribution in [-0.4, -0.2) is 75.3 Å². The Hall–Kier alpha value is 0.0400. The molecule has 1 aliphatic rings. The second-order valence-electron chi connectivity index (χ2n) is 5.45. The Kier molecular flexibility index (Phi) is 9.74. The largest absolute Gasteiger partial charge is 0.462 e. The smallest absolute Gasteiger partial charge is 0.321 e. The molecule has 21 heavy (non-hydrogen) atoms. The van der Waals surface area contributed by atoms with Crippen LogP contribution in [-0.2, 0) is 23.7 Å². The van der Waals surface area contributed by atoms with Crippen molar-refractivity contribution in [1.29, 1.82) is 0 Å². The maximum atomic E-state index is 11.5. The lowest BCUT2D eigenvalue weighted by Gasteiger charge is -2.23. The van der Waals surface area contributed by atoms with Gasteiger partial charge in [-0.15, -0.1) is 0 Å². The number of rotatable bonds is 10. The summed E-state index contributed by atoms with van der Waals surface area (Å²) in [7, 11) is 0. The first-order valence-electron chi connectivity index (χ1n) is 7.43. The molecular formula is C14H27INO5+. The van der Waals surface area contributed by atoms with Crippen LogP contribution in [0.1, 0.15) is 13.8 Å². The van der Waals surface area contributed by atoms with Gasteiger partial charge < -0.3 is 23.8 Å². The van der Waals surface area contributed by atoms with E-state index in [0.717, 1.165) is 39.5 Å². The van der Waals surface area contributed by atoms with Crippen molar-refractivity contribution in [2.24, 2.45) is 0 Å². The summed E-state index contributed by atoms with van der Waals surface area (Å²) in [4.78, 5) is 13.0. The number of morpholine rings is 1. The third-order valence-electron chi connectivity index (χ3n) is 3.12. The highest BCUT2D eigenvalue weighted by atomic mass is 127. The van der Waals surface area contributed by atoms with E-state index >= 15 is 0 Å². The van der Waals surface area contributed by atoms with Crippen molar-refractivity contribution in [2.45, 2.75) is 17.3 Å². The molecule has 0 aromatic heterocycles. The van der Waals surface area contributed by atoms with Crippen molar-refractivity contribution in [2.75, 3.05) is 65.9 Å². The third kappa shape index (κ3) is 9.62. The fourth-order valence-corrected chi connectivity index (χ4v) is 1.97. The number of alkyl halides is 1. The topological polar surface area (TPSA) is 58.4 Å². The van der Waals surface area contributed by atoms with E-state index in [1.807, 2.05) is 13.8 Å². The summed E-state index contributed by atoms with van der Waals surface area (Å²) in [6, 6.07) is 0. The molecule has 1 heterocycles. The molecule has 0 saturated carbocycles. The number of carbonyl (C=O) groups excluding carboxylic acids is 1. The zero-order valence-corrected chi connectivity index (χ0v) is 15.1. The number of quaternary nitrogens is 1. The normalized spacial score (nSPS) is 16.9. The van der Waals surface area contributed by atoms with Crippen LogP contribution in [0.25, 0.3) is 0 Å². The third-order valence-corrected chi connectivity index (χ3v) is 3.56. The average molecular weight is 416 g/mol. The molecule has 0 amide bonds. The highest BCUT2D eigenvalue weighted by Crippen LogP contribution is 2.17. The molecule has 0 aromatic rings. The maximum Gasteiger partial charge on any atom is 0.321 e. The molecule has 1 N–H and O–H groups in total. The number of halogens is 1. The van der Waals surface area contributed by atoms with Gasteiger partial charge in [-0.2, -0.15) is 0 Å². The number of hydrogen-bond donors (Lipinski definition) is 1. The Bertz CT molecular complexity index is 290. The lowest BCUT2D eigenvalue weighted by atomic mass is 10.2. The fourth-order valence-electron chi connectivity index (χ4n) is 1.81. The van der Waals surface area contributed by atoms with Crippen LogP contribution in [0, 0.1) is 0 Å². The average Bonchev–Trinajstić information content (AvgIpc) is 2.45. The van der Waals surface area contributed by atoms with Crippen LogP contribution in [0.15, 0.2) is 0 Å². The number of nitrogens with one attached hydrogen (secondary N) is 1. The molecule has 0 unspecified atom stereocenters. The summed E-state index contributed by atoms with van der Waals surface area (Å²) >= 11 is 2.06. The molecular weight excluding hydrogens is 389 g/mol. The van der Waals surface area contributed by atoms with Gasteiger partial charge >= 0.3 is 5.97 Å². The van der Waals surface area contributed by atoms with Crippen LogP contribution < -0.4 is 4.90 Å². The van der Waals surface area contributed by atoms with E-state index in [4.69, 9.17) is 18.9 Å². The lowest BCUT2D eigenvalue weighted by Crippen LogP contribution is -3.14. The van der Waals surface area contributed by atoms with Gasteiger partial charge in [-0.3, -0.25) is 4.79 Å². The summed E-state index contributed by atoms with van der Waals surface area (Å²) in [5.41, 5.74) is 0. The Labute approximate surface area is 140 Å². The standard InChI is InChI=1S/C14H26INO5/c1-14(2,15)13(17)21-12-11-20-10-9-19-8-5-16-3-6-18-7-4-16/h3-12H2,1-2H3/p+1. The number of esters is 1. The van der Waals surface area contributed by atoms with E-state index in [1.165, 1.54) is 4.90 Å². The first-order valence-corrected chi connectivity index (χ1v) is 8.51. The highest BCUT2D eigenvalue weighted by Gasteiger charge is 2.24. The van der Waals surface area contributed by atoms with Crippen LogP contribution in [0.2, 0.25) is 0 Å². The number of carbonyl (C=O) groups is 1. The summed E-state index contributed by atoms with van der Waals surface area (Å²) in [6.45, 7) is 11.1. The van der Waals surface area contributed by atoms with Crippen LogP contribution in [0.4, 0.5) is 0 Å². The van der Waals surface area contributed by atoms with Crippen LogP contribution in [0.3, 0.4) is 0 Å². The highest BCUT2D eigenvalue weighted by molar-refractivity contribution is 14.1. The summed E-state index contributed by atoms with van der Waals surface area (Å²) in [5, 5.41) is 0. The zero-order chi connectivity index (χ0) is 15.6. The molecule has 124 valence electrons. The molecule has 1 aliphatic heterocycles. The van der Waals surface area contributed by atoms with Gasteiger partial charge in [0.2, 0.25) is 0 Å². The minimum atomic E-state index is -0.483. The first kappa shape index (κ1) is 19.1. The van der Waals surface area contributed by atoms with Crippen molar-refractivity contribution in [1.82, 2.24) is 0 Å². The van der Waals surface area contributed by atoms with E-state index in [-0.39, 0.29) is 5.97 Å². The van der Waals surface area contributed by atoms with Gasteiger partial charge in [0, 0.05) is 0 Å².